The minimum atomic E-state index is 0.379. The number of carbonyl (C=O) groups excluding carboxylic acids is 1. The lowest BCUT2D eigenvalue weighted by Gasteiger charge is -2.19. The van der Waals surface area contributed by atoms with E-state index in [1.54, 1.807) is 20.3 Å². The molecule has 1 heterocycles. The first-order valence-corrected chi connectivity index (χ1v) is 6.62. The summed E-state index contributed by atoms with van der Waals surface area (Å²) in [5, 5.41) is 3.33. The third-order valence-electron chi connectivity index (χ3n) is 3.26. The maximum Gasteiger partial charge on any atom is 0.171 e. The summed E-state index contributed by atoms with van der Waals surface area (Å²) in [6.07, 6.45) is 1.83. The molecule has 0 aliphatic carbocycles. The minimum absolute atomic E-state index is 0.379. The van der Waals surface area contributed by atoms with Crippen molar-refractivity contribution in [3.63, 3.8) is 0 Å². The van der Waals surface area contributed by atoms with Gasteiger partial charge in [-0.1, -0.05) is 15.9 Å². The topological polar surface area (TPSA) is 47.6 Å². The lowest BCUT2D eigenvalue weighted by atomic mass is 9.95. The number of benzene rings is 1. The van der Waals surface area contributed by atoms with Crippen LogP contribution in [0.3, 0.4) is 0 Å². The van der Waals surface area contributed by atoms with E-state index >= 15 is 0 Å². The third-order valence-corrected chi connectivity index (χ3v) is 3.91. The van der Waals surface area contributed by atoms with Crippen molar-refractivity contribution in [3.8, 4) is 11.5 Å². The van der Waals surface area contributed by atoms with Crippen LogP contribution in [0.4, 0.5) is 0 Å². The Bertz CT molecular complexity index is 456. The van der Waals surface area contributed by atoms with Gasteiger partial charge in [0.2, 0.25) is 0 Å². The van der Waals surface area contributed by atoms with E-state index in [1.165, 1.54) is 0 Å². The van der Waals surface area contributed by atoms with E-state index in [-0.39, 0.29) is 0 Å². The summed E-state index contributed by atoms with van der Waals surface area (Å²) >= 11 is 3.53. The summed E-state index contributed by atoms with van der Waals surface area (Å²) in [5.74, 6) is 1.55. The van der Waals surface area contributed by atoms with Crippen molar-refractivity contribution in [2.45, 2.75) is 12.3 Å². The van der Waals surface area contributed by atoms with Gasteiger partial charge >= 0.3 is 0 Å². The Labute approximate surface area is 115 Å². The summed E-state index contributed by atoms with van der Waals surface area (Å²) < 4.78 is 11.7. The summed E-state index contributed by atoms with van der Waals surface area (Å²) in [6.45, 7) is 1.91. The first-order chi connectivity index (χ1) is 8.72. The van der Waals surface area contributed by atoms with Crippen LogP contribution in [-0.2, 0) is 0 Å². The molecule has 0 amide bonds. The van der Waals surface area contributed by atoms with Crippen molar-refractivity contribution < 1.29 is 14.3 Å². The highest BCUT2D eigenvalue weighted by atomic mass is 79.9. The number of hydrogen-bond donors (Lipinski definition) is 1. The number of rotatable bonds is 4. The number of ether oxygens (including phenoxy) is 2. The van der Waals surface area contributed by atoms with Gasteiger partial charge in [0.15, 0.2) is 17.8 Å². The fraction of sp³-hybridized carbons (Fsp3) is 0.462. The Balaban J connectivity index is 2.59. The van der Waals surface area contributed by atoms with Crippen LogP contribution in [-0.4, -0.2) is 33.6 Å². The average molecular weight is 314 g/mol. The van der Waals surface area contributed by atoms with Gasteiger partial charge in [0, 0.05) is 22.5 Å². The predicted molar refractivity (Wildman–Crippen MR) is 72.9 cm³/mol. The predicted octanol–water partition coefficient (Wildman–Crippen LogP) is 2.36. The molecular formula is C13H16BrNO3. The molecule has 1 atom stereocenters. The molecule has 2 rings (SSSR count). The molecule has 0 radical (unpaired) electrons. The SMILES string of the molecule is COc1c(C=O)cc(Br)c(C2CCNC2)c1OC. The molecule has 1 unspecified atom stereocenters. The molecule has 4 nitrogen and oxygen atoms in total. The molecule has 1 N–H and O–H groups in total. The van der Waals surface area contributed by atoms with E-state index in [0.717, 1.165) is 35.8 Å². The first-order valence-electron chi connectivity index (χ1n) is 5.83. The van der Waals surface area contributed by atoms with Crippen molar-refractivity contribution in [2.75, 3.05) is 27.3 Å². The maximum absolute atomic E-state index is 11.1. The fourth-order valence-electron chi connectivity index (χ4n) is 2.42. The van der Waals surface area contributed by atoms with Crippen molar-refractivity contribution in [3.05, 3.63) is 21.7 Å². The normalized spacial score (nSPS) is 18.7. The Morgan fingerprint density at radius 3 is 2.61 bits per heavy atom. The van der Waals surface area contributed by atoms with Crippen molar-refractivity contribution in [1.82, 2.24) is 5.32 Å². The second-order valence-electron chi connectivity index (χ2n) is 4.24. The molecule has 18 heavy (non-hydrogen) atoms. The van der Waals surface area contributed by atoms with E-state index in [2.05, 4.69) is 21.2 Å². The average Bonchev–Trinajstić information content (AvgIpc) is 2.90. The lowest BCUT2D eigenvalue weighted by molar-refractivity contribution is 0.112. The van der Waals surface area contributed by atoms with Crippen LogP contribution in [0.1, 0.15) is 28.3 Å². The van der Waals surface area contributed by atoms with Gasteiger partial charge < -0.3 is 14.8 Å². The summed E-state index contributed by atoms with van der Waals surface area (Å²) in [7, 11) is 3.15. The van der Waals surface area contributed by atoms with Crippen LogP contribution in [0.5, 0.6) is 11.5 Å². The van der Waals surface area contributed by atoms with Gasteiger partial charge in [0.05, 0.1) is 19.8 Å². The molecule has 1 aliphatic rings. The zero-order chi connectivity index (χ0) is 13.1. The van der Waals surface area contributed by atoms with E-state index in [1.807, 2.05) is 0 Å². The molecule has 0 aromatic heterocycles. The maximum atomic E-state index is 11.1. The number of carbonyl (C=O) groups is 1. The highest BCUT2D eigenvalue weighted by Gasteiger charge is 2.27. The van der Waals surface area contributed by atoms with Crippen LogP contribution < -0.4 is 14.8 Å². The van der Waals surface area contributed by atoms with Crippen LogP contribution in [0.2, 0.25) is 0 Å². The monoisotopic (exact) mass is 313 g/mol. The Morgan fingerprint density at radius 1 is 1.39 bits per heavy atom. The third kappa shape index (κ3) is 2.24. The second kappa shape index (κ2) is 5.71. The van der Waals surface area contributed by atoms with Gasteiger partial charge in [-0.15, -0.1) is 0 Å². The number of hydrogen-bond acceptors (Lipinski definition) is 4. The molecule has 1 aromatic rings. The molecule has 0 bridgehead atoms. The van der Waals surface area contributed by atoms with E-state index in [4.69, 9.17) is 9.47 Å². The zero-order valence-corrected chi connectivity index (χ0v) is 12.0. The first kappa shape index (κ1) is 13.4. The molecule has 1 aliphatic heterocycles. The number of nitrogens with one attached hydrogen (secondary N) is 1. The van der Waals surface area contributed by atoms with Crippen LogP contribution in [0.15, 0.2) is 10.5 Å². The Hall–Kier alpha value is -1.07. The molecule has 1 saturated heterocycles. The zero-order valence-electron chi connectivity index (χ0n) is 10.5. The highest BCUT2D eigenvalue weighted by Crippen LogP contribution is 2.44. The number of methoxy groups -OCH3 is 2. The smallest absolute Gasteiger partial charge is 0.171 e. The van der Waals surface area contributed by atoms with Gasteiger partial charge in [-0.3, -0.25) is 4.79 Å². The summed E-state index contributed by atoms with van der Waals surface area (Å²) in [6, 6.07) is 1.79. The van der Waals surface area contributed by atoms with Crippen molar-refractivity contribution in [1.29, 1.82) is 0 Å². The largest absolute Gasteiger partial charge is 0.492 e. The van der Waals surface area contributed by atoms with Crippen LogP contribution in [0.25, 0.3) is 0 Å². The quantitative estimate of drug-likeness (QED) is 0.867. The molecular weight excluding hydrogens is 298 g/mol. The van der Waals surface area contributed by atoms with Gasteiger partial charge in [-0.2, -0.15) is 0 Å². The van der Waals surface area contributed by atoms with Gasteiger partial charge in [0.1, 0.15) is 0 Å². The molecule has 1 fully saturated rings. The Morgan fingerprint density at radius 2 is 2.11 bits per heavy atom. The standard InChI is InChI=1S/C13H16BrNO3/c1-17-12-9(7-16)5-10(14)11(13(12)18-2)8-3-4-15-6-8/h5,7-8,15H,3-4,6H2,1-2H3. The van der Waals surface area contributed by atoms with Gasteiger partial charge in [-0.25, -0.2) is 0 Å². The molecule has 0 saturated carbocycles. The lowest BCUT2D eigenvalue weighted by Crippen LogP contribution is -2.10. The van der Waals surface area contributed by atoms with E-state index < -0.39 is 0 Å². The number of halogens is 1. The highest BCUT2D eigenvalue weighted by molar-refractivity contribution is 9.10. The summed E-state index contributed by atoms with van der Waals surface area (Å²) in [4.78, 5) is 11.1. The number of aldehydes is 1. The Kier molecular flexibility index (Phi) is 4.24. The van der Waals surface area contributed by atoms with E-state index in [9.17, 15) is 4.79 Å². The van der Waals surface area contributed by atoms with E-state index in [0.29, 0.717) is 23.0 Å². The van der Waals surface area contributed by atoms with Crippen LogP contribution in [0, 0.1) is 0 Å². The van der Waals surface area contributed by atoms with Gasteiger partial charge in [0.25, 0.3) is 0 Å². The molecule has 0 spiro atoms. The fourth-order valence-corrected chi connectivity index (χ4v) is 3.17. The minimum Gasteiger partial charge on any atom is -0.492 e. The molecule has 98 valence electrons. The second-order valence-corrected chi connectivity index (χ2v) is 5.09. The van der Waals surface area contributed by atoms with Crippen LogP contribution >= 0.6 is 15.9 Å². The van der Waals surface area contributed by atoms with Crippen molar-refractivity contribution in [2.24, 2.45) is 0 Å². The summed E-state index contributed by atoms with van der Waals surface area (Å²) in [5.41, 5.74) is 1.57. The van der Waals surface area contributed by atoms with Gasteiger partial charge in [-0.05, 0) is 19.0 Å². The molecule has 5 heteroatoms. The molecule has 1 aromatic carbocycles. The van der Waals surface area contributed by atoms with Crippen molar-refractivity contribution >= 4 is 22.2 Å².